The van der Waals surface area contributed by atoms with Gasteiger partial charge in [0.2, 0.25) is 0 Å². The van der Waals surface area contributed by atoms with Gasteiger partial charge >= 0.3 is 0 Å². The summed E-state index contributed by atoms with van der Waals surface area (Å²) in [7, 11) is 0. The molecule has 1 atom stereocenters. The zero-order valence-electron chi connectivity index (χ0n) is 14.3. The van der Waals surface area contributed by atoms with Crippen molar-refractivity contribution < 1.29 is 14.3 Å². The zero-order valence-corrected chi connectivity index (χ0v) is 14.3. The standard InChI is InChI=1S/C21H22O3/c1-4-23-20-13-18-11-15(3)24-21(18)12-17(20)9-10-19(22)16-7-5-14(2)6-8-16/h5-10,12-13,15H,4,11H2,1-3H3/b10-9+/t15-/m1/s1. The van der Waals surface area contributed by atoms with Crippen LogP contribution in [0.1, 0.15) is 40.9 Å². The van der Waals surface area contributed by atoms with Gasteiger partial charge in [0.05, 0.1) is 6.61 Å². The smallest absolute Gasteiger partial charge is 0.185 e. The average molecular weight is 322 g/mol. The molecule has 3 rings (SSSR count). The van der Waals surface area contributed by atoms with E-state index in [1.807, 2.05) is 50.2 Å². The molecular weight excluding hydrogens is 300 g/mol. The third-order valence-corrected chi connectivity index (χ3v) is 4.08. The Morgan fingerprint density at radius 1 is 1.29 bits per heavy atom. The number of hydrogen-bond acceptors (Lipinski definition) is 3. The predicted octanol–water partition coefficient (Wildman–Crippen LogP) is 4.61. The van der Waals surface area contributed by atoms with E-state index in [0.717, 1.165) is 34.6 Å². The molecule has 0 aliphatic carbocycles. The van der Waals surface area contributed by atoms with E-state index in [9.17, 15) is 4.79 Å². The molecule has 1 aliphatic rings. The number of carbonyl (C=O) groups is 1. The molecule has 3 nitrogen and oxygen atoms in total. The van der Waals surface area contributed by atoms with Gasteiger partial charge in [0.25, 0.3) is 0 Å². The number of rotatable bonds is 5. The summed E-state index contributed by atoms with van der Waals surface area (Å²) in [4.78, 5) is 12.3. The van der Waals surface area contributed by atoms with Crippen molar-refractivity contribution in [3.63, 3.8) is 0 Å². The molecule has 0 radical (unpaired) electrons. The zero-order chi connectivity index (χ0) is 17.1. The third kappa shape index (κ3) is 3.51. The Morgan fingerprint density at radius 2 is 2.04 bits per heavy atom. The Kier molecular flexibility index (Phi) is 4.70. The van der Waals surface area contributed by atoms with Gasteiger partial charge in [0, 0.05) is 23.1 Å². The summed E-state index contributed by atoms with van der Waals surface area (Å²) >= 11 is 0. The quantitative estimate of drug-likeness (QED) is 0.595. The first-order chi connectivity index (χ1) is 11.6. The fraction of sp³-hybridized carbons (Fsp3) is 0.286. The van der Waals surface area contributed by atoms with Gasteiger partial charge in [-0.15, -0.1) is 0 Å². The van der Waals surface area contributed by atoms with Crippen molar-refractivity contribution >= 4 is 11.9 Å². The maximum atomic E-state index is 12.3. The van der Waals surface area contributed by atoms with Crippen molar-refractivity contribution in [3.05, 3.63) is 64.7 Å². The van der Waals surface area contributed by atoms with Crippen molar-refractivity contribution in [2.75, 3.05) is 6.61 Å². The molecule has 0 aromatic heterocycles. The van der Waals surface area contributed by atoms with Crippen LogP contribution in [-0.2, 0) is 6.42 Å². The molecule has 0 spiro atoms. The molecule has 0 fully saturated rings. The molecule has 24 heavy (non-hydrogen) atoms. The first-order valence-electron chi connectivity index (χ1n) is 8.32. The fourth-order valence-corrected chi connectivity index (χ4v) is 2.85. The summed E-state index contributed by atoms with van der Waals surface area (Å²) in [6, 6.07) is 11.6. The lowest BCUT2D eigenvalue weighted by atomic mass is 10.0. The van der Waals surface area contributed by atoms with Crippen LogP contribution in [0.5, 0.6) is 11.5 Å². The summed E-state index contributed by atoms with van der Waals surface area (Å²) in [5.41, 5.74) is 3.85. The lowest BCUT2D eigenvalue weighted by molar-refractivity contribution is 0.104. The second kappa shape index (κ2) is 6.91. The molecule has 0 bridgehead atoms. The van der Waals surface area contributed by atoms with E-state index < -0.39 is 0 Å². The highest BCUT2D eigenvalue weighted by Gasteiger charge is 2.21. The van der Waals surface area contributed by atoms with E-state index >= 15 is 0 Å². The summed E-state index contributed by atoms with van der Waals surface area (Å²) in [6.45, 7) is 6.60. The van der Waals surface area contributed by atoms with E-state index in [0.29, 0.717) is 12.2 Å². The number of allylic oxidation sites excluding steroid dienone is 1. The van der Waals surface area contributed by atoms with Crippen molar-refractivity contribution in [1.29, 1.82) is 0 Å². The Balaban J connectivity index is 1.87. The normalized spacial score (nSPS) is 16.0. The third-order valence-electron chi connectivity index (χ3n) is 4.08. The minimum atomic E-state index is -0.0211. The van der Waals surface area contributed by atoms with Gasteiger partial charge < -0.3 is 9.47 Å². The van der Waals surface area contributed by atoms with Gasteiger partial charge in [0.15, 0.2) is 5.78 Å². The number of benzene rings is 2. The number of ether oxygens (including phenoxy) is 2. The molecule has 2 aromatic rings. The molecule has 1 aliphatic heterocycles. The Morgan fingerprint density at radius 3 is 2.75 bits per heavy atom. The van der Waals surface area contributed by atoms with Crippen LogP contribution in [0.4, 0.5) is 0 Å². The van der Waals surface area contributed by atoms with Crippen LogP contribution >= 0.6 is 0 Å². The lowest BCUT2D eigenvalue weighted by Crippen LogP contribution is -2.05. The van der Waals surface area contributed by atoms with E-state index in [1.54, 1.807) is 12.2 Å². The van der Waals surface area contributed by atoms with Crippen molar-refractivity contribution in [3.8, 4) is 11.5 Å². The number of hydrogen-bond donors (Lipinski definition) is 0. The summed E-state index contributed by atoms with van der Waals surface area (Å²) < 4.78 is 11.5. The van der Waals surface area contributed by atoms with Crippen LogP contribution in [0.25, 0.3) is 6.08 Å². The maximum Gasteiger partial charge on any atom is 0.185 e. The molecule has 0 saturated heterocycles. The Hall–Kier alpha value is -2.55. The summed E-state index contributed by atoms with van der Waals surface area (Å²) in [5, 5.41) is 0. The lowest BCUT2D eigenvalue weighted by Gasteiger charge is -2.10. The highest BCUT2D eigenvalue weighted by Crippen LogP contribution is 2.35. The van der Waals surface area contributed by atoms with Gasteiger partial charge in [0.1, 0.15) is 17.6 Å². The van der Waals surface area contributed by atoms with Gasteiger partial charge in [-0.05, 0) is 45.1 Å². The van der Waals surface area contributed by atoms with Crippen molar-refractivity contribution in [1.82, 2.24) is 0 Å². The van der Waals surface area contributed by atoms with Crippen molar-refractivity contribution in [2.24, 2.45) is 0 Å². The van der Waals surface area contributed by atoms with Gasteiger partial charge in [-0.25, -0.2) is 0 Å². The highest BCUT2D eigenvalue weighted by atomic mass is 16.5. The second-order valence-electron chi connectivity index (χ2n) is 6.13. The van der Waals surface area contributed by atoms with E-state index in [4.69, 9.17) is 9.47 Å². The van der Waals surface area contributed by atoms with E-state index in [1.165, 1.54) is 0 Å². The maximum absolute atomic E-state index is 12.3. The van der Waals surface area contributed by atoms with Crippen LogP contribution in [-0.4, -0.2) is 18.5 Å². The molecule has 3 heteroatoms. The number of fused-ring (bicyclic) bond motifs is 1. The molecule has 0 unspecified atom stereocenters. The molecule has 124 valence electrons. The minimum absolute atomic E-state index is 0.0211. The monoisotopic (exact) mass is 322 g/mol. The van der Waals surface area contributed by atoms with Crippen LogP contribution < -0.4 is 9.47 Å². The van der Waals surface area contributed by atoms with Gasteiger partial charge in [-0.2, -0.15) is 0 Å². The molecular formula is C21H22O3. The number of carbonyl (C=O) groups excluding carboxylic acids is 1. The first kappa shape index (κ1) is 16.3. The SMILES string of the molecule is CCOc1cc2c(cc1/C=C/C(=O)c1ccc(C)cc1)O[C@H](C)C2. The number of ketones is 1. The topological polar surface area (TPSA) is 35.5 Å². The van der Waals surface area contributed by atoms with Crippen LogP contribution in [0.15, 0.2) is 42.5 Å². The average Bonchev–Trinajstić information content (AvgIpc) is 2.92. The van der Waals surface area contributed by atoms with Gasteiger partial charge in [-0.3, -0.25) is 4.79 Å². The first-order valence-corrected chi connectivity index (χ1v) is 8.32. The predicted molar refractivity (Wildman–Crippen MR) is 95.9 cm³/mol. The molecule has 1 heterocycles. The molecule has 0 saturated carbocycles. The molecule has 0 N–H and O–H groups in total. The minimum Gasteiger partial charge on any atom is -0.493 e. The highest BCUT2D eigenvalue weighted by molar-refractivity contribution is 6.07. The van der Waals surface area contributed by atoms with Crippen LogP contribution in [0.2, 0.25) is 0 Å². The fourth-order valence-electron chi connectivity index (χ4n) is 2.85. The van der Waals surface area contributed by atoms with E-state index in [2.05, 4.69) is 6.92 Å². The van der Waals surface area contributed by atoms with Crippen molar-refractivity contribution in [2.45, 2.75) is 33.3 Å². The van der Waals surface area contributed by atoms with E-state index in [-0.39, 0.29) is 11.9 Å². The Bertz CT molecular complexity index is 772. The molecule has 2 aromatic carbocycles. The second-order valence-corrected chi connectivity index (χ2v) is 6.13. The number of aryl methyl sites for hydroxylation is 1. The summed E-state index contributed by atoms with van der Waals surface area (Å²) in [6.07, 6.45) is 4.47. The van der Waals surface area contributed by atoms with Gasteiger partial charge in [-0.1, -0.05) is 29.8 Å². The van der Waals surface area contributed by atoms with Crippen LogP contribution in [0.3, 0.4) is 0 Å². The van der Waals surface area contributed by atoms with Crippen LogP contribution in [0, 0.1) is 6.92 Å². The largest absolute Gasteiger partial charge is 0.493 e. The molecule has 0 amide bonds. The Labute approximate surface area is 142 Å². The summed E-state index contributed by atoms with van der Waals surface area (Å²) in [5.74, 6) is 1.66.